The van der Waals surface area contributed by atoms with Crippen LogP contribution in [-0.4, -0.2) is 155 Å². The number of rotatable bonds is 14. The quantitative estimate of drug-likeness (QED) is 0.228. The smallest absolute Gasteiger partial charge is 0.306 e. The van der Waals surface area contributed by atoms with Crippen molar-refractivity contribution in [1.82, 2.24) is 19.9 Å². The maximum absolute atomic E-state index is 13.9. The third kappa shape index (κ3) is 13.9. The lowest BCUT2D eigenvalue weighted by atomic mass is 9.80. The van der Waals surface area contributed by atoms with Crippen molar-refractivity contribution in [2.24, 2.45) is 29.6 Å². The van der Waals surface area contributed by atoms with Crippen LogP contribution in [0.3, 0.4) is 0 Å². The minimum Gasteiger partial charge on any atom is -0.462 e. The molecule has 1 aromatic heterocycles. The monoisotopic (exact) mass is 865 g/mol. The molecule has 8 unspecified atom stereocenters. The van der Waals surface area contributed by atoms with E-state index in [2.05, 4.69) is 24.2 Å². The van der Waals surface area contributed by atoms with Crippen LogP contribution in [0, 0.1) is 29.6 Å². The first-order chi connectivity index (χ1) is 28.9. The first-order valence-corrected chi connectivity index (χ1v) is 22.2. The Balaban J connectivity index is 1.66. The van der Waals surface area contributed by atoms with Gasteiger partial charge in [-0.1, -0.05) is 57.6 Å². The van der Waals surface area contributed by atoms with Crippen LogP contribution in [-0.2, 0) is 55.7 Å². The fraction of sp³-hybridized carbons (Fsp3) is 0.822. The van der Waals surface area contributed by atoms with E-state index in [0.29, 0.717) is 38.1 Å². The second kappa shape index (κ2) is 23.9. The zero-order chi connectivity index (χ0) is 45.1. The molecule has 2 fully saturated rings. The third-order valence-corrected chi connectivity index (χ3v) is 12.5. The van der Waals surface area contributed by atoms with E-state index in [4.69, 9.17) is 33.2 Å². The van der Waals surface area contributed by atoms with Gasteiger partial charge in [-0.05, 0) is 90.8 Å². The molecule has 4 rings (SSSR count). The first-order valence-electron chi connectivity index (χ1n) is 22.2. The zero-order valence-corrected chi connectivity index (χ0v) is 38.6. The van der Waals surface area contributed by atoms with Gasteiger partial charge in [-0.25, -0.2) is 0 Å². The van der Waals surface area contributed by atoms with Gasteiger partial charge in [-0.15, -0.1) is 5.10 Å². The molecule has 0 bridgehead atoms. The third-order valence-electron chi connectivity index (χ3n) is 12.5. The number of aryl methyl sites for hydroxylation is 1. The van der Waals surface area contributed by atoms with E-state index in [1.54, 1.807) is 45.0 Å². The molecule has 348 valence electrons. The Morgan fingerprint density at radius 3 is 2.25 bits per heavy atom. The average Bonchev–Trinajstić information content (AvgIpc) is 3.65. The van der Waals surface area contributed by atoms with Gasteiger partial charge in [-0.2, -0.15) is 0 Å². The Bertz CT molecular complexity index is 1570. The number of aliphatic hydroxyl groups is 3. The number of aliphatic hydroxyl groups excluding tert-OH is 3. The highest BCUT2D eigenvalue weighted by Gasteiger charge is 2.47. The molecular formula is C45H76N4O12. The largest absolute Gasteiger partial charge is 0.462 e. The number of aromatic nitrogens is 3. The van der Waals surface area contributed by atoms with Gasteiger partial charge in [0.05, 0.1) is 42.8 Å². The van der Waals surface area contributed by atoms with Crippen molar-refractivity contribution in [2.75, 3.05) is 34.9 Å². The molecule has 61 heavy (non-hydrogen) atoms. The molecule has 0 amide bonds. The molecule has 2 saturated heterocycles. The van der Waals surface area contributed by atoms with Crippen LogP contribution in [0.2, 0.25) is 0 Å². The van der Waals surface area contributed by atoms with Gasteiger partial charge in [0.25, 0.3) is 0 Å². The lowest BCUT2D eigenvalue weighted by Crippen LogP contribution is -2.63. The lowest BCUT2D eigenvalue weighted by molar-refractivity contribution is -0.304. The molecule has 3 N–H and O–H groups in total. The highest BCUT2D eigenvalue weighted by atomic mass is 16.7. The Kier molecular flexibility index (Phi) is 20.0. The van der Waals surface area contributed by atoms with Crippen LogP contribution in [0.15, 0.2) is 30.0 Å². The molecule has 1 aromatic rings. The molecule has 16 atom stereocenters. The number of esters is 1. The van der Waals surface area contributed by atoms with Crippen molar-refractivity contribution < 1.29 is 58.1 Å². The molecule has 0 aromatic carbocycles. The Labute approximate surface area is 363 Å². The highest BCUT2D eigenvalue weighted by Crippen LogP contribution is 2.35. The van der Waals surface area contributed by atoms with E-state index in [-0.39, 0.29) is 36.6 Å². The molecule has 0 radical (unpaired) electrons. The summed E-state index contributed by atoms with van der Waals surface area (Å²) in [5.74, 6) is -1.34. The van der Waals surface area contributed by atoms with Crippen LogP contribution in [0.25, 0.3) is 0 Å². The summed E-state index contributed by atoms with van der Waals surface area (Å²) in [6.07, 6.45) is 1.31. The topological polar surface area (TPSA) is 193 Å². The molecule has 0 saturated carbocycles. The number of nitrogens with zero attached hydrogens (tertiary/aromatic N) is 4. The number of allylic oxidation sites excluding steroid dienone is 3. The predicted molar refractivity (Wildman–Crippen MR) is 227 cm³/mol. The van der Waals surface area contributed by atoms with Gasteiger partial charge >= 0.3 is 5.97 Å². The summed E-state index contributed by atoms with van der Waals surface area (Å²) < 4.78 is 44.6. The van der Waals surface area contributed by atoms with Gasteiger partial charge in [0.15, 0.2) is 18.4 Å². The van der Waals surface area contributed by atoms with Crippen molar-refractivity contribution in [3.05, 3.63) is 35.7 Å². The molecule has 16 nitrogen and oxygen atoms in total. The predicted octanol–water partition coefficient (Wildman–Crippen LogP) is 3.88. The summed E-state index contributed by atoms with van der Waals surface area (Å²) in [4.78, 5) is 29.5. The average molecular weight is 865 g/mol. The number of carbonyl (C=O) groups is 2. The van der Waals surface area contributed by atoms with E-state index in [1.165, 1.54) is 14.2 Å². The number of cyclic esters (lactones) is 1. The molecule has 0 aliphatic carbocycles. The zero-order valence-electron chi connectivity index (χ0n) is 38.6. The standard InChI is InChI=1S/C45H76N4O12/c1-13-35-32(24-57-45-43(56-12)42(55-11)39(53)30(8)59-45)21-26(4)14-16-34(50)28(6)22-31(18-19-49-23-33(46-47-49)20-25(2)3)41(27(5)15-17-36(51)60-35)61-44-40(54)37(48(9)10)38(52)29(7)58-44/h14,16,21,23,25,27-32,35,37-45,52-54H,13,15,17-20,22,24H2,1-12H3/b16-14+,26-21+/t27-,28+,29+,30?,31-,32+,35+,37?,38?,39?,40?,41+,42?,43?,44-,45?/m0/s1. The molecule has 0 spiro atoms. The maximum atomic E-state index is 13.9. The summed E-state index contributed by atoms with van der Waals surface area (Å²) in [6, 6.07) is -0.649. The van der Waals surface area contributed by atoms with Crippen molar-refractivity contribution in [3.8, 4) is 0 Å². The minimum atomic E-state index is -1.18. The lowest BCUT2D eigenvalue weighted by Gasteiger charge is -2.46. The minimum absolute atomic E-state index is 0.0578. The Hall–Kier alpha value is -2.64. The second-order valence-corrected chi connectivity index (χ2v) is 18.2. The molecule has 3 aliphatic rings. The van der Waals surface area contributed by atoms with Crippen molar-refractivity contribution in [1.29, 1.82) is 0 Å². The summed E-state index contributed by atoms with van der Waals surface area (Å²) >= 11 is 0. The van der Waals surface area contributed by atoms with Crippen LogP contribution in [0.4, 0.5) is 0 Å². The number of likely N-dealkylation sites (N-methyl/N-ethyl adjacent to an activating group) is 1. The summed E-state index contributed by atoms with van der Waals surface area (Å²) in [5, 5.41) is 42.0. The first kappa shape index (κ1) is 51.0. The number of ether oxygens (including phenoxy) is 7. The van der Waals surface area contributed by atoms with Gasteiger partial charge in [0, 0.05) is 45.2 Å². The Morgan fingerprint density at radius 1 is 0.934 bits per heavy atom. The number of ketones is 1. The van der Waals surface area contributed by atoms with E-state index >= 15 is 0 Å². The number of hydrogen-bond acceptors (Lipinski definition) is 15. The van der Waals surface area contributed by atoms with Crippen LogP contribution < -0.4 is 0 Å². The summed E-state index contributed by atoms with van der Waals surface area (Å²) in [5.41, 5.74) is 1.69. The van der Waals surface area contributed by atoms with Crippen molar-refractivity contribution in [3.63, 3.8) is 0 Å². The SMILES string of the molecule is CC[C@H]1OC(=O)CC[C@H](C)[C@@H](O[C@@H]2O[C@H](C)C(O)C(N(C)C)C2O)[C@@H](CCn2cc(CC(C)C)nn2)C[C@@H](C)C(=O)/C=C/C(C)=C/[C@@H]1COC1OC(C)C(O)C(OC)C1OC. The number of hydrogen-bond donors (Lipinski definition) is 3. The molecule has 16 heteroatoms. The summed E-state index contributed by atoms with van der Waals surface area (Å²) in [6.45, 7) is 16.1. The van der Waals surface area contributed by atoms with Crippen molar-refractivity contribution >= 4 is 11.8 Å². The van der Waals surface area contributed by atoms with Gasteiger partial charge < -0.3 is 53.4 Å². The normalized spacial score (nSPS) is 38.9. The fourth-order valence-electron chi connectivity index (χ4n) is 8.94. The number of methoxy groups -OCH3 is 2. The molecular weight excluding hydrogens is 789 g/mol. The maximum Gasteiger partial charge on any atom is 0.306 e. The molecule has 4 heterocycles. The van der Waals surface area contributed by atoms with E-state index in [0.717, 1.165) is 17.7 Å². The van der Waals surface area contributed by atoms with E-state index < -0.39 is 85.4 Å². The summed E-state index contributed by atoms with van der Waals surface area (Å²) in [7, 11) is 6.59. The Morgan fingerprint density at radius 2 is 1.61 bits per heavy atom. The van der Waals surface area contributed by atoms with Gasteiger partial charge in [-0.3, -0.25) is 14.3 Å². The van der Waals surface area contributed by atoms with Crippen LogP contribution >= 0.6 is 0 Å². The highest BCUT2D eigenvalue weighted by molar-refractivity contribution is 5.91. The van der Waals surface area contributed by atoms with Crippen LogP contribution in [0.5, 0.6) is 0 Å². The van der Waals surface area contributed by atoms with Gasteiger partial charge in [0.2, 0.25) is 0 Å². The van der Waals surface area contributed by atoms with E-state index in [9.17, 15) is 24.9 Å². The molecule has 3 aliphatic heterocycles. The second-order valence-electron chi connectivity index (χ2n) is 18.2. The van der Waals surface area contributed by atoms with E-state index in [1.807, 2.05) is 44.6 Å². The van der Waals surface area contributed by atoms with Crippen molar-refractivity contribution in [2.45, 2.75) is 174 Å². The fourth-order valence-corrected chi connectivity index (χ4v) is 8.94. The van der Waals surface area contributed by atoms with Gasteiger partial charge in [0.1, 0.15) is 30.5 Å². The number of carbonyl (C=O) groups excluding carboxylic acids is 2. The van der Waals surface area contributed by atoms with Crippen LogP contribution in [0.1, 0.15) is 93.2 Å².